The standard InChI is InChI=1S/C16H21BrN2OS/c1-19(11-12-7-3-4-8-13(12)17)15(20)16(14(18)21)9-5-2-6-10-16/h3-4,7-8H,2,5-6,9-11H2,1H3,(H2,18,21). The van der Waals surface area contributed by atoms with E-state index in [0.717, 1.165) is 42.1 Å². The molecule has 0 unspecified atom stereocenters. The summed E-state index contributed by atoms with van der Waals surface area (Å²) in [5.41, 5.74) is 6.39. The molecule has 0 atom stereocenters. The van der Waals surface area contributed by atoms with Gasteiger partial charge in [-0.3, -0.25) is 4.79 Å². The number of hydrogen-bond acceptors (Lipinski definition) is 2. The Hall–Kier alpha value is -0.940. The molecular weight excluding hydrogens is 348 g/mol. The normalized spacial score (nSPS) is 17.2. The van der Waals surface area contributed by atoms with E-state index in [1.807, 2.05) is 31.3 Å². The molecule has 1 saturated carbocycles. The zero-order valence-electron chi connectivity index (χ0n) is 12.3. The third kappa shape index (κ3) is 3.46. The summed E-state index contributed by atoms with van der Waals surface area (Å²) in [6, 6.07) is 7.94. The minimum absolute atomic E-state index is 0.0606. The average molecular weight is 369 g/mol. The highest BCUT2D eigenvalue weighted by Gasteiger charge is 2.43. The lowest BCUT2D eigenvalue weighted by atomic mass is 9.73. The number of hydrogen-bond donors (Lipinski definition) is 1. The number of carbonyl (C=O) groups excluding carboxylic acids is 1. The van der Waals surface area contributed by atoms with Crippen LogP contribution < -0.4 is 5.73 Å². The van der Waals surface area contributed by atoms with E-state index in [0.29, 0.717) is 11.5 Å². The third-order valence-electron chi connectivity index (χ3n) is 4.30. The molecule has 0 heterocycles. The third-order valence-corrected chi connectivity index (χ3v) is 5.46. The smallest absolute Gasteiger partial charge is 0.235 e. The van der Waals surface area contributed by atoms with Gasteiger partial charge in [-0.15, -0.1) is 0 Å². The molecule has 5 heteroatoms. The zero-order valence-corrected chi connectivity index (χ0v) is 14.7. The quantitative estimate of drug-likeness (QED) is 0.825. The lowest BCUT2D eigenvalue weighted by Crippen LogP contribution is -2.50. The highest BCUT2D eigenvalue weighted by molar-refractivity contribution is 9.10. The maximum Gasteiger partial charge on any atom is 0.235 e. The van der Waals surface area contributed by atoms with Crippen LogP contribution in [0.4, 0.5) is 0 Å². The van der Waals surface area contributed by atoms with E-state index in [1.54, 1.807) is 4.90 Å². The number of amides is 1. The predicted octanol–water partition coefficient (Wildman–Crippen LogP) is 3.64. The lowest BCUT2D eigenvalue weighted by Gasteiger charge is -2.38. The van der Waals surface area contributed by atoms with Crippen LogP contribution >= 0.6 is 28.1 Å². The van der Waals surface area contributed by atoms with E-state index >= 15 is 0 Å². The molecule has 21 heavy (non-hydrogen) atoms. The first-order valence-electron chi connectivity index (χ1n) is 7.26. The van der Waals surface area contributed by atoms with Crippen molar-refractivity contribution in [3.8, 4) is 0 Å². The molecule has 0 aliphatic heterocycles. The molecule has 1 amide bonds. The van der Waals surface area contributed by atoms with Gasteiger partial charge in [0.05, 0.1) is 10.4 Å². The van der Waals surface area contributed by atoms with Crippen molar-refractivity contribution in [1.29, 1.82) is 0 Å². The zero-order chi connectivity index (χ0) is 15.5. The van der Waals surface area contributed by atoms with E-state index < -0.39 is 5.41 Å². The molecule has 0 spiro atoms. The van der Waals surface area contributed by atoms with Gasteiger partial charge < -0.3 is 10.6 Å². The second-order valence-electron chi connectivity index (χ2n) is 5.76. The SMILES string of the molecule is CN(Cc1ccccc1Br)C(=O)C1(C(N)=S)CCCCC1. The van der Waals surface area contributed by atoms with E-state index in [1.165, 1.54) is 0 Å². The van der Waals surface area contributed by atoms with Gasteiger partial charge in [-0.1, -0.05) is 65.6 Å². The molecule has 1 fully saturated rings. The van der Waals surface area contributed by atoms with Crippen molar-refractivity contribution in [2.45, 2.75) is 38.6 Å². The molecule has 0 bridgehead atoms. The number of carbonyl (C=O) groups is 1. The molecule has 2 N–H and O–H groups in total. The summed E-state index contributed by atoms with van der Waals surface area (Å²) < 4.78 is 1.01. The Labute approximate surface area is 140 Å². The first-order chi connectivity index (χ1) is 9.97. The molecular formula is C16H21BrN2OS. The molecule has 1 aliphatic carbocycles. The van der Waals surface area contributed by atoms with Crippen molar-refractivity contribution in [2.24, 2.45) is 11.1 Å². The highest BCUT2D eigenvalue weighted by Crippen LogP contribution is 2.38. The van der Waals surface area contributed by atoms with Crippen LogP contribution in [0, 0.1) is 5.41 Å². The van der Waals surface area contributed by atoms with Crippen molar-refractivity contribution >= 4 is 39.0 Å². The largest absolute Gasteiger partial charge is 0.392 e. The Kier molecular flexibility index (Phi) is 5.38. The molecule has 1 aromatic carbocycles. The molecule has 0 saturated heterocycles. The fraction of sp³-hybridized carbons (Fsp3) is 0.500. The maximum absolute atomic E-state index is 12.9. The fourth-order valence-electron chi connectivity index (χ4n) is 3.04. The Morgan fingerprint density at radius 1 is 1.33 bits per heavy atom. The summed E-state index contributed by atoms with van der Waals surface area (Å²) in [6.07, 6.45) is 4.76. The molecule has 0 radical (unpaired) electrons. The van der Waals surface area contributed by atoms with Crippen molar-refractivity contribution in [1.82, 2.24) is 4.90 Å². The number of nitrogens with two attached hydrogens (primary N) is 1. The van der Waals surface area contributed by atoms with Gasteiger partial charge in [0, 0.05) is 18.1 Å². The average Bonchev–Trinajstić information content (AvgIpc) is 2.49. The number of nitrogens with zero attached hydrogens (tertiary/aromatic N) is 1. The van der Waals surface area contributed by atoms with Crippen LogP contribution in [0.2, 0.25) is 0 Å². The summed E-state index contributed by atoms with van der Waals surface area (Å²) in [5.74, 6) is 0.0606. The minimum Gasteiger partial charge on any atom is -0.392 e. The van der Waals surface area contributed by atoms with Gasteiger partial charge in [-0.25, -0.2) is 0 Å². The molecule has 114 valence electrons. The summed E-state index contributed by atoms with van der Waals surface area (Å²) in [4.78, 5) is 15.0. The van der Waals surface area contributed by atoms with Crippen LogP contribution in [-0.4, -0.2) is 22.8 Å². The molecule has 1 aliphatic rings. The van der Waals surface area contributed by atoms with Gasteiger partial charge in [0.2, 0.25) is 5.91 Å². The van der Waals surface area contributed by atoms with Gasteiger partial charge in [0.1, 0.15) is 0 Å². The number of thiocarbonyl (C=S) groups is 1. The predicted molar refractivity (Wildman–Crippen MR) is 92.9 cm³/mol. The highest BCUT2D eigenvalue weighted by atomic mass is 79.9. The first kappa shape index (κ1) is 16.4. The van der Waals surface area contributed by atoms with E-state index in [9.17, 15) is 4.79 Å². The fourth-order valence-corrected chi connectivity index (χ4v) is 3.74. The Balaban J connectivity index is 2.17. The van der Waals surface area contributed by atoms with Gasteiger partial charge >= 0.3 is 0 Å². The topological polar surface area (TPSA) is 46.3 Å². The van der Waals surface area contributed by atoms with Crippen LogP contribution in [0.25, 0.3) is 0 Å². The van der Waals surface area contributed by atoms with Gasteiger partial charge in [-0.2, -0.15) is 0 Å². The van der Waals surface area contributed by atoms with Crippen LogP contribution in [0.3, 0.4) is 0 Å². The second-order valence-corrected chi connectivity index (χ2v) is 7.05. The van der Waals surface area contributed by atoms with Crippen LogP contribution in [0.5, 0.6) is 0 Å². The summed E-state index contributed by atoms with van der Waals surface area (Å²) >= 11 is 8.76. The molecule has 3 nitrogen and oxygen atoms in total. The Morgan fingerprint density at radius 2 is 1.95 bits per heavy atom. The van der Waals surface area contributed by atoms with Crippen molar-refractivity contribution in [3.05, 3.63) is 34.3 Å². The summed E-state index contributed by atoms with van der Waals surface area (Å²) in [7, 11) is 1.83. The van der Waals surface area contributed by atoms with Crippen LogP contribution in [-0.2, 0) is 11.3 Å². The van der Waals surface area contributed by atoms with E-state index in [4.69, 9.17) is 18.0 Å². The Morgan fingerprint density at radius 3 is 2.52 bits per heavy atom. The van der Waals surface area contributed by atoms with Crippen molar-refractivity contribution < 1.29 is 4.79 Å². The van der Waals surface area contributed by atoms with Crippen LogP contribution in [0.1, 0.15) is 37.7 Å². The monoisotopic (exact) mass is 368 g/mol. The summed E-state index contributed by atoms with van der Waals surface area (Å²) in [6.45, 7) is 0.560. The molecule has 1 aromatic rings. The maximum atomic E-state index is 12.9. The number of rotatable bonds is 4. The first-order valence-corrected chi connectivity index (χ1v) is 8.46. The Bertz CT molecular complexity index is 541. The number of halogens is 1. The van der Waals surface area contributed by atoms with Gasteiger partial charge in [-0.05, 0) is 24.5 Å². The van der Waals surface area contributed by atoms with Gasteiger partial charge in [0.25, 0.3) is 0 Å². The molecule has 0 aromatic heterocycles. The van der Waals surface area contributed by atoms with E-state index in [2.05, 4.69) is 15.9 Å². The minimum atomic E-state index is -0.635. The second kappa shape index (κ2) is 6.88. The van der Waals surface area contributed by atoms with Gasteiger partial charge in [0.15, 0.2) is 0 Å². The van der Waals surface area contributed by atoms with Crippen molar-refractivity contribution in [3.63, 3.8) is 0 Å². The van der Waals surface area contributed by atoms with Crippen molar-refractivity contribution in [2.75, 3.05) is 7.05 Å². The molecule has 2 rings (SSSR count). The lowest BCUT2D eigenvalue weighted by molar-refractivity contribution is -0.138. The van der Waals surface area contributed by atoms with E-state index in [-0.39, 0.29) is 5.91 Å². The number of benzene rings is 1. The summed E-state index contributed by atoms with van der Waals surface area (Å²) in [5, 5.41) is 0. The van der Waals surface area contributed by atoms with Crippen LogP contribution in [0.15, 0.2) is 28.7 Å².